The minimum Gasteiger partial charge on any atom is -0.382 e. The molecule has 2 heterocycles. The summed E-state index contributed by atoms with van der Waals surface area (Å²) in [4.78, 5) is 0. The van der Waals surface area contributed by atoms with Crippen LogP contribution in [0.15, 0.2) is 18.5 Å². The zero-order valence-electron chi connectivity index (χ0n) is 9.10. The number of nitrogen functional groups attached to an aromatic ring is 1. The zero-order chi connectivity index (χ0) is 11.5. The smallest absolute Gasteiger partial charge is 0.145 e. The van der Waals surface area contributed by atoms with Crippen LogP contribution in [-0.2, 0) is 13.1 Å². The minimum absolute atomic E-state index is 0.554. The van der Waals surface area contributed by atoms with Gasteiger partial charge in [-0.15, -0.1) is 0 Å². The largest absolute Gasteiger partial charge is 0.382 e. The Hall–Kier alpha value is -1.49. The molecule has 0 fully saturated rings. The number of halogens is 1. The Morgan fingerprint density at radius 1 is 1.44 bits per heavy atom. The summed E-state index contributed by atoms with van der Waals surface area (Å²) in [5, 5.41) is 9.00. The van der Waals surface area contributed by atoms with E-state index >= 15 is 0 Å². The van der Waals surface area contributed by atoms with Gasteiger partial charge in [-0.3, -0.25) is 9.36 Å². The number of hydrogen-bond donors (Lipinski definition) is 1. The van der Waals surface area contributed by atoms with Gasteiger partial charge in [0.1, 0.15) is 5.82 Å². The number of aryl methyl sites for hydroxylation is 2. The van der Waals surface area contributed by atoms with Crippen molar-refractivity contribution >= 4 is 17.4 Å². The lowest BCUT2D eigenvalue weighted by molar-refractivity contribution is 0.495. The SMILES string of the molecule is Cc1c(Cl)cnn1CCCn1ccc(N)n1. The first kappa shape index (κ1) is 11.0. The van der Waals surface area contributed by atoms with Gasteiger partial charge in [-0.2, -0.15) is 10.2 Å². The van der Waals surface area contributed by atoms with E-state index in [-0.39, 0.29) is 0 Å². The highest BCUT2D eigenvalue weighted by Gasteiger charge is 2.03. The summed E-state index contributed by atoms with van der Waals surface area (Å²) in [5.74, 6) is 0.554. The van der Waals surface area contributed by atoms with E-state index in [0.717, 1.165) is 25.2 Å². The van der Waals surface area contributed by atoms with Gasteiger partial charge < -0.3 is 5.73 Å². The Morgan fingerprint density at radius 2 is 2.25 bits per heavy atom. The van der Waals surface area contributed by atoms with Crippen molar-refractivity contribution in [2.75, 3.05) is 5.73 Å². The maximum atomic E-state index is 5.91. The lowest BCUT2D eigenvalue weighted by Crippen LogP contribution is -2.07. The molecule has 2 rings (SSSR count). The molecular weight excluding hydrogens is 226 g/mol. The third-order valence-corrected chi connectivity index (χ3v) is 2.83. The van der Waals surface area contributed by atoms with E-state index < -0.39 is 0 Å². The molecule has 0 saturated carbocycles. The molecule has 0 aromatic carbocycles. The Kier molecular flexibility index (Phi) is 3.14. The maximum Gasteiger partial charge on any atom is 0.145 e. The van der Waals surface area contributed by atoms with E-state index in [1.165, 1.54) is 0 Å². The molecule has 0 aliphatic rings. The number of anilines is 1. The predicted octanol–water partition coefficient (Wildman–Crippen LogP) is 1.71. The Balaban J connectivity index is 1.86. The molecule has 0 atom stereocenters. The molecule has 0 aliphatic carbocycles. The van der Waals surface area contributed by atoms with Crippen LogP contribution in [0.1, 0.15) is 12.1 Å². The molecule has 0 amide bonds. The summed E-state index contributed by atoms with van der Waals surface area (Å²) in [6.45, 7) is 3.62. The van der Waals surface area contributed by atoms with Crippen molar-refractivity contribution in [2.45, 2.75) is 26.4 Å². The van der Waals surface area contributed by atoms with Crippen LogP contribution in [0.2, 0.25) is 5.02 Å². The lowest BCUT2D eigenvalue weighted by Gasteiger charge is -2.04. The van der Waals surface area contributed by atoms with E-state index in [1.54, 1.807) is 12.3 Å². The highest BCUT2D eigenvalue weighted by molar-refractivity contribution is 6.31. The first-order valence-electron chi connectivity index (χ1n) is 5.13. The van der Waals surface area contributed by atoms with Crippen LogP contribution in [0.4, 0.5) is 5.82 Å². The second-order valence-corrected chi connectivity index (χ2v) is 4.07. The van der Waals surface area contributed by atoms with Crippen LogP contribution in [-0.4, -0.2) is 19.6 Å². The minimum atomic E-state index is 0.554. The van der Waals surface area contributed by atoms with Crippen LogP contribution >= 0.6 is 11.6 Å². The van der Waals surface area contributed by atoms with Crippen molar-refractivity contribution in [3.05, 3.63) is 29.2 Å². The van der Waals surface area contributed by atoms with Gasteiger partial charge in [0.15, 0.2) is 0 Å². The lowest BCUT2D eigenvalue weighted by atomic mass is 10.4. The number of hydrogen-bond acceptors (Lipinski definition) is 3. The van der Waals surface area contributed by atoms with E-state index in [4.69, 9.17) is 17.3 Å². The van der Waals surface area contributed by atoms with Crippen LogP contribution in [0.25, 0.3) is 0 Å². The fraction of sp³-hybridized carbons (Fsp3) is 0.400. The van der Waals surface area contributed by atoms with Gasteiger partial charge in [0, 0.05) is 19.3 Å². The summed E-state index contributed by atoms with van der Waals surface area (Å²) in [6.07, 6.45) is 4.49. The molecule has 5 nitrogen and oxygen atoms in total. The normalized spacial score (nSPS) is 10.9. The topological polar surface area (TPSA) is 61.7 Å². The van der Waals surface area contributed by atoms with Gasteiger partial charge >= 0.3 is 0 Å². The third kappa shape index (κ3) is 2.36. The molecule has 86 valence electrons. The average Bonchev–Trinajstić information content (AvgIpc) is 2.79. The van der Waals surface area contributed by atoms with Crippen molar-refractivity contribution in [1.82, 2.24) is 19.6 Å². The first-order chi connectivity index (χ1) is 7.66. The Bertz CT molecular complexity index is 473. The number of nitrogens with two attached hydrogens (primary N) is 1. The van der Waals surface area contributed by atoms with Crippen LogP contribution in [0.5, 0.6) is 0 Å². The molecule has 0 aliphatic heterocycles. The second-order valence-electron chi connectivity index (χ2n) is 3.66. The van der Waals surface area contributed by atoms with Gasteiger partial charge in [0.2, 0.25) is 0 Å². The van der Waals surface area contributed by atoms with E-state index in [1.807, 2.05) is 22.5 Å². The van der Waals surface area contributed by atoms with E-state index in [0.29, 0.717) is 10.8 Å². The second kappa shape index (κ2) is 4.57. The summed E-state index contributed by atoms with van der Waals surface area (Å²) in [7, 11) is 0. The summed E-state index contributed by atoms with van der Waals surface area (Å²) in [5.41, 5.74) is 6.52. The first-order valence-corrected chi connectivity index (χ1v) is 5.51. The van der Waals surface area contributed by atoms with Gasteiger partial charge in [-0.25, -0.2) is 0 Å². The van der Waals surface area contributed by atoms with Crippen molar-refractivity contribution in [2.24, 2.45) is 0 Å². The van der Waals surface area contributed by atoms with Gasteiger partial charge in [-0.05, 0) is 19.4 Å². The van der Waals surface area contributed by atoms with Gasteiger partial charge in [-0.1, -0.05) is 11.6 Å². The standard InChI is InChI=1S/C10H14ClN5/c1-8-9(11)7-13-16(8)5-2-4-15-6-3-10(12)14-15/h3,6-7H,2,4-5H2,1H3,(H2,12,14). The highest BCUT2D eigenvalue weighted by Crippen LogP contribution is 2.13. The Labute approximate surface area is 98.8 Å². The molecule has 0 unspecified atom stereocenters. The third-order valence-electron chi connectivity index (χ3n) is 2.46. The summed E-state index contributed by atoms with van der Waals surface area (Å²) >= 11 is 5.91. The molecule has 2 N–H and O–H groups in total. The van der Waals surface area contributed by atoms with Crippen LogP contribution in [0.3, 0.4) is 0 Å². The molecule has 0 radical (unpaired) electrons. The number of nitrogens with zero attached hydrogens (tertiary/aromatic N) is 4. The van der Waals surface area contributed by atoms with Crippen molar-refractivity contribution in [3.8, 4) is 0 Å². The summed E-state index contributed by atoms with van der Waals surface area (Å²) in [6, 6.07) is 1.79. The fourth-order valence-electron chi connectivity index (χ4n) is 1.53. The molecule has 0 bridgehead atoms. The van der Waals surface area contributed by atoms with Gasteiger partial charge in [0.25, 0.3) is 0 Å². The Morgan fingerprint density at radius 3 is 2.81 bits per heavy atom. The number of aromatic nitrogens is 4. The van der Waals surface area contributed by atoms with Crippen molar-refractivity contribution in [1.29, 1.82) is 0 Å². The van der Waals surface area contributed by atoms with E-state index in [9.17, 15) is 0 Å². The molecule has 16 heavy (non-hydrogen) atoms. The molecule has 0 saturated heterocycles. The van der Waals surface area contributed by atoms with Crippen molar-refractivity contribution < 1.29 is 0 Å². The van der Waals surface area contributed by atoms with Crippen LogP contribution < -0.4 is 5.73 Å². The van der Waals surface area contributed by atoms with Gasteiger partial charge in [0.05, 0.1) is 16.9 Å². The monoisotopic (exact) mass is 239 g/mol. The van der Waals surface area contributed by atoms with E-state index in [2.05, 4.69) is 10.2 Å². The highest BCUT2D eigenvalue weighted by atomic mass is 35.5. The molecular formula is C10H14ClN5. The zero-order valence-corrected chi connectivity index (χ0v) is 9.85. The van der Waals surface area contributed by atoms with Crippen molar-refractivity contribution in [3.63, 3.8) is 0 Å². The maximum absolute atomic E-state index is 5.91. The molecule has 0 spiro atoms. The quantitative estimate of drug-likeness (QED) is 0.884. The summed E-state index contributed by atoms with van der Waals surface area (Å²) < 4.78 is 3.73. The fourth-order valence-corrected chi connectivity index (χ4v) is 1.67. The molecule has 6 heteroatoms. The molecule has 2 aromatic heterocycles. The average molecular weight is 240 g/mol. The van der Waals surface area contributed by atoms with Crippen LogP contribution in [0, 0.1) is 6.92 Å². The predicted molar refractivity (Wildman–Crippen MR) is 63.2 cm³/mol. The number of rotatable bonds is 4. The molecule has 2 aromatic rings.